The highest BCUT2D eigenvalue weighted by atomic mass is 35.5. The molecule has 1 aromatic carbocycles. The van der Waals surface area contributed by atoms with Crippen LogP contribution in [0.5, 0.6) is 0 Å². The largest absolute Gasteiger partial charge is 0.677 e. The average Bonchev–Trinajstić information content (AvgIpc) is 3.19. The maximum Gasteiger partial charge on any atom is 0.328 e. The van der Waals surface area contributed by atoms with Gasteiger partial charge in [-0.25, -0.2) is 4.79 Å². The van der Waals surface area contributed by atoms with Gasteiger partial charge in [-0.2, -0.15) is 6.54 Å². The molecule has 1 aliphatic rings. The van der Waals surface area contributed by atoms with Crippen LogP contribution in [0.2, 0.25) is 0 Å². The van der Waals surface area contributed by atoms with Gasteiger partial charge in [0.05, 0.1) is 18.8 Å². The van der Waals surface area contributed by atoms with Crippen LogP contribution in [-0.2, 0) is 20.9 Å². The second kappa shape index (κ2) is 14.4. The molecule has 0 unspecified atom stereocenters. The van der Waals surface area contributed by atoms with Crippen LogP contribution in [-0.4, -0.2) is 48.3 Å². The maximum absolute atomic E-state index is 12.0. The molecule has 0 spiro atoms. The highest BCUT2D eigenvalue weighted by Gasteiger charge is 2.31. The summed E-state index contributed by atoms with van der Waals surface area (Å²) in [7, 11) is 0. The average molecular weight is 401 g/mol. The Morgan fingerprint density at radius 3 is 2.48 bits per heavy atom. The number of hydrogen-bond acceptors (Lipinski definition) is 4. The number of aliphatic carboxylic acids is 1. The molecule has 1 heterocycles. The van der Waals surface area contributed by atoms with Gasteiger partial charge in [0, 0.05) is 0 Å². The summed E-state index contributed by atoms with van der Waals surface area (Å²) in [6.07, 6.45) is 2.02. The summed E-state index contributed by atoms with van der Waals surface area (Å²) in [6, 6.07) is 8.15. The molecule has 0 saturated carbocycles. The summed E-state index contributed by atoms with van der Waals surface area (Å²) in [5, 5.41) is 14.9. The number of rotatable bonds is 8. The smallest absolute Gasteiger partial charge is 0.328 e. The number of carbonyl (C=O) groups excluding carboxylic acids is 1. The van der Waals surface area contributed by atoms with Crippen molar-refractivity contribution in [1.29, 1.82) is 0 Å². The van der Waals surface area contributed by atoms with E-state index in [0.717, 1.165) is 31.4 Å². The fourth-order valence-electron chi connectivity index (χ4n) is 2.44. The predicted molar refractivity (Wildman–Crippen MR) is 108 cm³/mol. The molecule has 8 heteroatoms. The van der Waals surface area contributed by atoms with Gasteiger partial charge < -0.3 is 26.2 Å². The van der Waals surface area contributed by atoms with Crippen molar-refractivity contribution in [2.75, 3.05) is 13.1 Å². The third-order valence-corrected chi connectivity index (χ3v) is 4.02. The zero-order chi connectivity index (χ0) is 19.4. The number of nitrogens with one attached hydrogen (secondary N) is 3. The van der Waals surface area contributed by atoms with E-state index in [4.69, 9.17) is 10.5 Å². The molecule has 1 saturated heterocycles. The van der Waals surface area contributed by atoms with Crippen molar-refractivity contribution >= 4 is 24.3 Å². The van der Waals surface area contributed by atoms with Gasteiger partial charge in [-0.05, 0) is 31.9 Å². The number of hydrogen-bond donors (Lipinski definition) is 3. The van der Waals surface area contributed by atoms with Crippen LogP contribution in [0.25, 0.3) is 5.73 Å². The minimum Gasteiger partial charge on any atom is -0.677 e. The Labute approximate surface area is 167 Å². The van der Waals surface area contributed by atoms with Gasteiger partial charge in [0.25, 0.3) is 0 Å². The van der Waals surface area contributed by atoms with Gasteiger partial charge in [0.1, 0.15) is 0 Å². The Bertz CT molecular complexity index is 537. The first kappa shape index (κ1) is 25.3. The monoisotopic (exact) mass is 400 g/mol. The highest BCUT2D eigenvalue weighted by molar-refractivity contribution is 5.87. The van der Waals surface area contributed by atoms with Gasteiger partial charge in [0.15, 0.2) is 6.04 Å². The van der Waals surface area contributed by atoms with Crippen molar-refractivity contribution in [2.45, 2.75) is 57.9 Å². The maximum atomic E-state index is 12.0. The fraction of sp³-hybridized carbons (Fsp3) is 0.579. The van der Waals surface area contributed by atoms with E-state index in [1.807, 2.05) is 37.3 Å². The first-order valence-corrected chi connectivity index (χ1v) is 9.06. The number of halogens is 1. The molecule has 0 radical (unpaired) electrons. The van der Waals surface area contributed by atoms with Crippen molar-refractivity contribution in [3.05, 3.63) is 41.6 Å². The van der Waals surface area contributed by atoms with E-state index >= 15 is 0 Å². The zero-order valence-electron chi connectivity index (χ0n) is 15.9. The van der Waals surface area contributed by atoms with Crippen molar-refractivity contribution in [3.63, 3.8) is 0 Å². The number of carboxylic acids is 1. The summed E-state index contributed by atoms with van der Waals surface area (Å²) < 4.78 is 5.60. The minimum atomic E-state index is -1.09. The van der Waals surface area contributed by atoms with Crippen LogP contribution >= 0.6 is 12.4 Å². The summed E-state index contributed by atoms with van der Waals surface area (Å²) >= 11 is 0. The molecule has 1 aliphatic heterocycles. The number of benzene rings is 1. The number of amides is 1. The van der Waals surface area contributed by atoms with Gasteiger partial charge in [0.2, 0.25) is 5.91 Å². The normalized spacial score (nSPS) is 17.7. The lowest BCUT2D eigenvalue weighted by atomic mass is 10.1. The molecule has 1 fully saturated rings. The molecule has 27 heavy (non-hydrogen) atoms. The van der Waals surface area contributed by atoms with Crippen molar-refractivity contribution in [2.24, 2.45) is 0 Å². The highest BCUT2D eigenvalue weighted by Crippen LogP contribution is 2.09. The van der Waals surface area contributed by atoms with E-state index in [2.05, 4.69) is 10.6 Å². The lowest BCUT2D eigenvalue weighted by molar-refractivity contribution is -0.146. The van der Waals surface area contributed by atoms with Crippen LogP contribution in [0.4, 0.5) is 0 Å². The molecule has 4 N–H and O–H groups in total. The molecule has 0 aromatic heterocycles. The lowest BCUT2D eigenvalue weighted by Gasteiger charge is -2.23. The SMILES string of the molecule is CCC[NH-].C[C@@H](OCc1ccccc1)[C@H](NC(=O)[C@@H]1CCCN1)C(=O)O.Cl. The second-order valence-corrected chi connectivity index (χ2v) is 6.23. The number of ether oxygens (including phenoxy) is 1. The number of carboxylic acid groups (broad SMARTS) is 1. The summed E-state index contributed by atoms with van der Waals surface area (Å²) in [5.74, 6) is -1.37. The zero-order valence-corrected chi connectivity index (χ0v) is 16.8. The van der Waals surface area contributed by atoms with Crippen LogP contribution in [0.1, 0.15) is 38.7 Å². The fourth-order valence-corrected chi connectivity index (χ4v) is 2.44. The molecular weight excluding hydrogens is 370 g/mol. The van der Waals surface area contributed by atoms with Gasteiger partial charge in [-0.15, -0.1) is 12.4 Å². The quantitative estimate of drug-likeness (QED) is 0.621. The second-order valence-electron chi connectivity index (χ2n) is 6.23. The van der Waals surface area contributed by atoms with Gasteiger partial charge in [-0.3, -0.25) is 4.79 Å². The topological polar surface area (TPSA) is 111 Å². The summed E-state index contributed by atoms with van der Waals surface area (Å²) in [5.41, 5.74) is 7.41. The van der Waals surface area contributed by atoms with E-state index < -0.39 is 18.1 Å². The van der Waals surface area contributed by atoms with E-state index in [9.17, 15) is 14.7 Å². The molecular formula is C19H31ClN3O4-. The van der Waals surface area contributed by atoms with Crippen molar-refractivity contribution < 1.29 is 19.4 Å². The standard InChI is InChI=1S/C16H22N2O4.C3H8N.ClH/c1-11(22-10-12-6-3-2-4-7-12)14(16(20)21)18-15(19)13-8-5-9-17-13;1-2-3-4;/h2-4,6-7,11,13-14,17H,5,8-10H2,1H3,(H,18,19)(H,20,21);4H,2-3H2,1H3;1H/q;-1;/t11-,13+,14+;;/m1../s1. The van der Waals surface area contributed by atoms with Crippen LogP contribution in [0.15, 0.2) is 30.3 Å². The van der Waals surface area contributed by atoms with Crippen molar-refractivity contribution in [3.8, 4) is 0 Å². The first-order chi connectivity index (χ1) is 12.5. The summed E-state index contributed by atoms with van der Waals surface area (Å²) in [4.78, 5) is 23.4. The van der Waals surface area contributed by atoms with Gasteiger partial charge in [-0.1, -0.05) is 43.7 Å². The minimum absolute atomic E-state index is 0. The third kappa shape index (κ3) is 9.72. The van der Waals surface area contributed by atoms with E-state index in [1.165, 1.54) is 0 Å². The lowest BCUT2D eigenvalue weighted by Crippen LogP contribution is -2.53. The van der Waals surface area contributed by atoms with E-state index in [1.54, 1.807) is 6.92 Å². The Kier molecular flexibility index (Phi) is 13.5. The summed E-state index contributed by atoms with van der Waals surface area (Å²) in [6.45, 7) is 5.32. The van der Waals surface area contributed by atoms with E-state index in [-0.39, 0.29) is 24.4 Å². The Balaban J connectivity index is 0.00000123. The van der Waals surface area contributed by atoms with Crippen molar-refractivity contribution in [1.82, 2.24) is 10.6 Å². The van der Waals surface area contributed by atoms with Crippen LogP contribution in [0.3, 0.4) is 0 Å². The third-order valence-electron chi connectivity index (χ3n) is 4.02. The van der Waals surface area contributed by atoms with E-state index in [0.29, 0.717) is 13.2 Å². The molecule has 0 bridgehead atoms. The molecule has 7 nitrogen and oxygen atoms in total. The Hall–Kier alpha value is -1.67. The van der Waals surface area contributed by atoms with Crippen LogP contribution in [0, 0.1) is 0 Å². The van der Waals surface area contributed by atoms with Crippen LogP contribution < -0.4 is 10.6 Å². The molecule has 1 amide bonds. The molecule has 0 aliphatic carbocycles. The Morgan fingerprint density at radius 2 is 2.00 bits per heavy atom. The molecule has 3 atom stereocenters. The predicted octanol–water partition coefficient (Wildman–Crippen LogP) is 2.78. The Morgan fingerprint density at radius 1 is 1.37 bits per heavy atom. The van der Waals surface area contributed by atoms with Gasteiger partial charge >= 0.3 is 5.97 Å². The molecule has 1 aromatic rings. The first-order valence-electron chi connectivity index (χ1n) is 9.06. The molecule has 2 rings (SSSR count). The molecule has 154 valence electrons. The number of carbonyl (C=O) groups is 2.